The standard InChI is InChI=1S/C23H23Cl2N3O4/c1-14-9-16(15(2)28(14)20-7-3-6-19(24)22(20)25)10-17(11-26)23(30)32-13-21(29)27-12-18-5-4-8-31-18/h3,6-7,9-10,18H,4-5,8,12-13H2,1-2H3,(H,27,29)/b17-10+. The van der Waals surface area contributed by atoms with E-state index >= 15 is 0 Å². The van der Waals surface area contributed by atoms with Crippen LogP contribution < -0.4 is 5.32 Å². The van der Waals surface area contributed by atoms with Gasteiger partial charge in [0, 0.05) is 24.5 Å². The van der Waals surface area contributed by atoms with Crippen molar-refractivity contribution in [1.29, 1.82) is 5.26 Å². The molecule has 2 heterocycles. The molecule has 0 spiro atoms. The van der Waals surface area contributed by atoms with E-state index in [4.69, 9.17) is 32.7 Å². The zero-order valence-electron chi connectivity index (χ0n) is 17.8. The first kappa shape index (κ1) is 23.9. The van der Waals surface area contributed by atoms with E-state index in [0.717, 1.165) is 24.2 Å². The largest absolute Gasteiger partial charge is 0.451 e. The number of aryl methyl sites for hydroxylation is 1. The zero-order chi connectivity index (χ0) is 23.3. The van der Waals surface area contributed by atoms with Gasteiger partial charge in [-0.1, -0.05) is 29.3 Å². The maximum atomic E-state index is 12.4. The molecule has 0 bridgehead atoms. The predicted octanol–water partition coefficient (Wildman–Crippen LogP) is 4.15. The lowest BCUT2D eigenvalue weighted by atomic mass is 10.1. The second kappa shape index (κ2) is 10.7. The molecule has 1 aliphatic rings. The van der Waals surface area contributed by atoms with E-state index in [2.05, 4.69) is 5.32 Å². The maximum Gasteiger partial charge on any atom is 0.349 e. The van der Waals surface area contributed by atoms with E-state index < -0.39 is 18.5 Å². The van der Waals surface area contributed by atoms with Crippen LogP contribution in [0.15, 0.2) is 29.8 Å². The predicted molar refractivity (Wildman–Crippen MR) is 122 cm³/mol. The molecule has 1 aromatic heterocycles. The Bertz CT molecular complexity index is 1100. The number of esters is 1. The first-order valence-electron chi connectivity index (χ1n) is 10.1. The van der Waals surface area contributed by atoms with Gasteiger partial charge in [0.1, 0.15) is 11.6 Å². The third-order valence-corrected chi connectivity index (χ3v) is 5.98. The number of hydrogen-bond donors (Lipinski definition) is 1. The van der Waals surface area contributed by atoms with Gasteiger partial charge in [0.05, 0.1) is 21.8 Å². The number of halogens is 2. The van der Waals surface area contributed by atoms with Crippen molar-refractivity contribution in [3.8, 4) is 11.8 Å². The van der Waals surface area contributed by atoms with Crippen molar-refractivity contribution in [1.82, 2.24) is 9.88 Å². The number of rotatable bonds is 7. The van der Waals surface area contributed by atoms with Crippen molar-refractivity contribution >= 4 is 41.2 Å². The molecular weight excluding hydrogens is 453 g/mol. The van der Waals surface area contributed by atoms with Gasteiger partial charge >= 0.3 is 5.97 Å². The van der Waals surface area contributed by atoms with Gasteiger partial charge in [-0.2, -0.15) is 5.26 Å². The fourth-order valence-corrected chi connectivity index (χ4v) is 3.93. The minimum absolute atomic E-state index is 0.00697. The Morgan fingerprint density at radius 2 is 2.16 bits per heavy atom. The summed E-state index contributed by atoms with van der Waals surface area (Å²) in [5.74, 6) is -1.31. The Labute approximate surface area is 196 Å². The lowest BCUT2D eigenvalue weighted by Crippen LogP contribution is -2.34. The molecule has 3 rings (SSSR count). The monoisotopic (exact) mass is 475 g/mol. The topological polar surface area (TPSA) is 93.3 Å². The van der Waals surface area contributed by atoms with Gasteiger partial charge < -0.3 is 19.4 Å². The van der Waals surface area contributed by atoms with Crippen molar-refractivity contribution in [3.63, 3.8) is 0 Å². The Balaban J connectivity index is 1.70. The van der Waals surface area contributed by atoms with Crippen molar-refractivity contribution in [3.05, 3.63) is 56.8 Å². The van der Waals surface area contributed by atoms with Crippen molar-refractivity contribution in [2.45, 2.75) is 32.8 Å². The Morgan fingerprint density at radius 3 is 2.84 bits per heavy atom. The van der Waals surface area contributed by atoms with Crippen LogP contribution in [0.3, 0.4) is 0 Å². The second-order valence-corrected chi connectivity index (χ2v) is 8.21. The molecule has 7 nitrogen and oxygen atoms in total. The van der Waals surface area contributed by atoms with E-state index in [0.29, 0.717) is 34.4 Å². The van der Waals surface area contributed by atoms with E-state index in [9.17, 15) is 14.9 Å². The molecule has 168 valence electrons. The summed E-state index contributed by atoms with van der Waals surface area (Å²) >= 11 is 12.5. The van der Waals surface area contributed by atoms with Crippen LogP contribution in [-0.4, -0.2) is 42.3 Å². The quantitative estimate of drug-likeness (QED) is 0.368. The van der Waals surface area contributed by atoms with Gasteiger partial charge in [-0.3, -0.25) is 4.79 Å². The van der Waals surface area contributed by atoms with Gasteiger partial charge in [0.25, 0.3) is 5.91 Å². The van der Waals surface area contributed by atoms with Crippen LogP contribution in [0.25, 0.3) is 11.8 Å². The highest BCUT2D eigenvalue weighted by atomic mass is 35.5. The first-order chi connectivity index (χ1) is 15.3. The van der Waals surface area contributed by atoms with Gasteiger partial charge in [-0.15, -0.1) is 0 Å². The number of nitrogens with one attached hydrogen (secondary N) is 1. The first-order valence-corrected chi connectivity index (χ1v) is 10.9. The van der Waals surface area contributed by atoms with E-state index in [1.165, 1.54) is 6.08 Å². The zero-order valence-corrected chi connectivity index (χ0v) is 19.3. The van der Waals surface area contributed by atoms with Crippen LogP contribution >= 0.6 is 23.2 Å². The number of carbonyl (C=O) groups is 2. The third kappa shape index (κ3) is 5.52. The average Bonchev–Trinajstić information content (AvgIpc) is 3.39. The molecular formula is C23H23Cl2N3O4. The fraction of sp³-hybridized carbons (Fsp3) is 0.348. The summed E-state index contributed by atoms with van der Waals surface area (Å²) in [6, 6.07) is 8.99. The molecule has 2 aromatic rings. The van der Waals surface area contributed by atoms with Gasteiger partial charge in [0.15, 0.2) is 6.61 Å². The van der Waals surface area contributed by atoms with Crippen molar-refractivity contribution in [2.24, 2.45) is 0 Å². The van der Waals surface area contributed by atoms with Crippen LogP contribution in [0.5, 0.6) is 0 Å². The molecule has 1 fully saturated rings. The second-order valence-electron chi connectivity index (χ2n) is 7.42. The lowest BCUT2D eigenvalue weighted by Gasteiger charge is -2.12. The summed E-state index contributed by atoms with van der Waals surface area (Å²) in [6.07, 6.45) is 3.28. The molecule has 0 radical (unpaired) electrons. The summed E-state index contributed by atoms with van der Waals surface area (Å²) in [5, 5.41) is 12.9. The minimum atomic E-state index is -0.870. The summed E-state index contributed by atoms with van der Waals surface area (Å²) in [4.78, 5) is 24.3. The molecule has 0 saturated carbocycles. The number of ether oxygens (including phenoxy) is 2. The number of aromatic nitrogens is 1. The molecule has 1 atom stereocenters. The fourth-order valence-electron chi connectivity index (χ4n) is 3.55. The SMILES string of the molecule is Cc1cc(/C=C(\C#N)C(=O)OCC(=O)NCC2CCCO2)c(C)n1-c1cccc(Cl)c1Cl. The normalized spacial score (nSPS) is 16.0. The molecule has 1 N–H and O–H groups in total. The highest BCUT2D eigenvalue weighted by Gasteiger charge is 2.19. The number of hydrogen-bond acceptors (Lipinski definition) is 5. The Morgan fingerprint density at radius 1 is 1.38 bits per heavy atom. The third-order valence-electron chi connectivity index (χ3n) is 5.17. The Hall–Kier alpha value is -2.79. The molecule has 1 unspecified atom stereocenters. The van der Waals surface area contributed by atoms with Crippen molar-refractivity contribution in [2.75, 3.05) is 19.8 Å². The number of nitrogens with zero attached hydrogens (tertiary/aromatic N) is 2. The molecule has 32 heavy (non-hydrogen) atoms. The molecule has 1 aliphatic heterocycles. The number of nitriles is 1. The summed E-state index contributed by atoms with van der Waals surface area (Å²) in [6.45, 7) is 4.31. The molecule has 9 heteroatoms. The number of benzene rings is 1. The Kier molecular flexibility index (Phi) is 7.97. The molecule has 0 aliphatic carbocycles. The lowest BCUT2D eigenvalue weighted by molar-refractivity contribution is -0.144. The van der Waals surface area contributed by atoms with Crippen molar-refractivity contribution < 1.29 is 19.1 Å². The van der Waals surface area contributed by atoms with Gasteiger partial charge in [-0.25, -0.2) is 4.79 Å². The highest BCUT2D eigenvalue weighted by Crippen LogP contribution is 2.32. The smallest absolute Gasteiger partial charge is 0.349 e. The van der Waals surface area contributed by atoms with Crippen LogP contribution in [0.1, 0.15) is 29.8 Å². The van der Waals surface area contributed by atoms with Crippen LogP contribution in [0.2, 0.25) is 10.0 Å². The summed E-state index contributed by atoms with van der Waals surface area (Å²) < 4.78 is 12.3. The molecule has 1 amide bonds. The van der Waals surface area contributed by atoms with E-state index in [1.54, 1.807) is 12.1 Å². The summed E-state index contributed by atoms with van der Waals surface area (Å²) in [5.41, 5.74) is 2.74. The summed E-state index contributed by atoms with van der Waals surface area (Å²) in [7, 11) is 0. The van der Waals surface area contributed by atoms with Crippen LogP contribution in [0.4, 0.5) is 0 Å². The number of carbonyl (C=O) groups excluding carboxylic acids is 2. The minimum Gasteiger partial charge on any atom is -0.451 e. The van der Waals surface area contributed by atoms with E-state index in [-0.39, 0.29) is 11.7 Å². The van der Waals surface area contributed by atoms with Gasteiger partial charge in [0.2, 0.25) is 0 Å². The molecule has 1 aromatic carbocycles. The van der Waals surface area contributed by atoms with E-state index in [1.807, 2.05) is 36.6 Å². The number of amides is 1. The van der Waals surface area contributed by atoms with Gasteiger partial charge in [-0.05, 0) is 56.5 Å². The van der Waals surface area contributed by atoms with Crippen LogP contribution in [0, 0.1) is 25.2 Å². The molecule has 1 saturated heterocycles. The highest BCUT2D eigenvalue weighted by molar-refractivity contribution is 6.43. The van der Waals surface area contributed by atoms with Crippen LogP contribution in [-0.2, 0) is 19.1 Å². The average molecular weight is 476 g/mol. The maximum absolute atomic E-state index is 12.4.